The van der Waals surface area contributed by atoms with Crippen LogP contribution in [0.2, 0.25) is 0 Å². The fraction of sp³-hybridized carbons (Fsp3) is 0.286. The van der Waals surface area contributed by atoms with E-state index in [9.17, 15) is 0 Å². The molecular weight excluding hydrogens is 272 g/mol. The minimum absolute atomic E-state index is 0.0444. The topological polar surface area (TPSA) is 64.7 Å². The number of nitrogens with zero attached hydrogens (tertiary/aromatic N) is 4. The molecule has 0 radical (unpaired) electrons. The van der Waals surface area contributed by atoms with Crippen molar-refractivity contribution in [3.63, 3.8) is 0 Å². The largest absolute Gasteiger partial charge is 0.424 e. The molecule has 2 heterocycles. The summed E-state index contributed by atoms with van der Waals surface area (Å²) in [7, 11) is 0. The number of hydrogen-bond acceptors (Lipinski definition) is 6. The highest BCUT2D eigenvalue weighted by Crippen LogP contribution is 2.36. The molecule has 3 aromatic rings. The van der Waals surface area contributed by atoms with Gasteiger partial charge in [-0.3, -0.25) is 0 Å². The lowest BCUT2D eigenvalue weighted by Crippen LogP contribution is -1.93. The molecule has 0 aliphatic heterocycles. The van der Waals surface area contributed by atoms with E-state index in [1.165, 1.54) is 0 Å². The molecule has 0 amide bonds. The first kappa shape index (κ1) is 13.1. The van der Waals surface area contributed by atoms with Gasteiger partial charge in [-0.1, -0.05) is 43.0 Å². The summed E-state index contributed by atoms with van der Waals surface area (Å²) in [5.41, 5.74) is 0. The van der Waals surface area contributed by atoms with E-state index in [1.54, 1.807) is 18.0 Å². The van der Waals surface area contributed by atoms with Crippen LogP contribution in [0.4, 0.5) is 0 Å². The van der Waals surface area contributed by atoms with Crippen LogP contribution in [0.15, 0.2) is 39.9 Å². The number of benzene rings is 1. The zero-order chi connectivity index (χ0) is 13.9. The highest BCUT2D eigenvalue weighted by atomic mass is 32.2. The van der Waals surface area contributed by atoms with Crippen molar-refractivity contribution < 1.29 is 4.42 Å². The minimum Gasteiger partial charge on any atom is -0.424 e. The highest BCUT2D eigenvalue weighted by Gasteiger charge is 2.17. The van der Waals surface area contributed by atoms with Crippen LogP contribution in [0.25, 0.3) is 10.8 Å². The Morgan fingerprint density at radius 1 is 1.20 bits per heavy atom. The normalized spacial score (nSPS) is 12.7. The van der Waals surface area contributed by atoms with E-state index in [1.807, 2.05) is 38.1 Å². The van der Waals surface area contributed by atoms with Gasteiger partial charge in [0.25, 0.3) is 0 Å². The Morgan fingerprint density at radius 2 is 2.05 bits per heavy atom. The third-order valence-electron chi connectivity index (χ3n) is 2.96. The summed E-state index contributed by atoms with van der Waals surface area (Å²) in [6.45, 7) is 4.02. The second-order valence-corrected chi connectivity index (χ2v) is 5.71. The van der Waals surface area contributed by atoms with Gasteiger partial charge in [0.05, 0.1) is 11.4 Å². The van der Waals surface area contributed by atoms with Crippen LogP contribution < -0.4 is 0 Å². The van der Waals surface area contributed by atoms with Crippen LogP contribution in [0.1, 0.15) is 30.9 Å². The maximum absolute atomic E-state index is 5.59. The summed E-state index contributed by atoms with van der Waals surface area (Å²) >= 11 is 1.58. The molecule has 1 atom stereocenters. The van der Waals surface area contributed by atoms with Crippen molar-refractivity contribution in [2.75, 3.05) is 0 Å². The quantitative estimate of drug-likeness (QED) is 0.685. The van der Waals surface area contributed by atoms with Crippen LogP contribution in [-0.2, 0) is 6.42 Å². The monoisotopic (exact) mass is 286 g/mol. The average Bonchev–Trinajstić information content (AvgIpc) is 2.97. The SMILES string of the molecule is CCc1nnc(C(C)Sc2nncc3ccccc23)o1. The Kier molecular flexibility index (Phi) is 3.64. The van der Waals surface area contributed by atoms with E-state index in [2.05, 4.69) is 20.4 Å². The van der Waals surface area contributed by atoms with Crippen molar-refractivity contribution in [2.24, 2.45) is 0 Å². The first-order valence-electron chi connectivity index (χ1n) is 6.47. The predicted octanol–water partition coefficient (Wildman–Crippen LogP) is 3.43. The lowest BCUT2D eigenvalue weighted by molar-refractivity contribution is 0.456. The summed E-state index contributed by atoms with van der Waals surface area (Å²) < 4.78 is 5.59. The Hall–Kier alpha value is -1.95. The van der Waals surface area contributed by atoms with Gasteiger partial charge in [-0.15, -0.1) is 15.3 Å². The van der Waals surface area contributed by atoms with E-state index in [0.29, 0.717) is 11.8 Å². The molecule has 1 unspecified atom stereocenters. The number of hydrogen-bond donors (Lipinski definition) is 0. The first-order chi connectivity index (χ1) is 9.78. The smallest absolute Gasteiger partial charge is 0.229 e. The molecule has 6 heteroatoms. The van der Waals surface area contributed by atoms with Crippen LogP contribution in [0.3, 0.4) is 0 Å². The third kappa shape index (κ3) is 2.51. The first-order valence-corrected chi connectivity index (χ1v) is 7.35. The summed E-state index contributed by atoms with van der Waals surface area (Å²) in [5.74, 6) is 1.29. The summed E-state index contributed by atoms with van der Waals surface area (Å²) in [6, 6.07) is 8.07. The highest BCUT2D eigenvalue weighted by molar-refractivity contribution is 7.99. The van der Waals surface area contributed by atoms with Crippen molar-refractivity contribution >= 4 is 22.5 Å². The van der Waals surface area contributed by atoms with Crippen molar-refractivity contribution in [1.29, 1.82) is 0 Å². The number of fused-ring (bicyclic) bond motifs is 1. The number of thioether (sulfide) groups is 1. The lowest BCUT2D eigenvalue weighted by atomic mass is 10.2. The maximum Gasteiger partial charge on any atom is 0.229 e. The van der Waals surface area contributed by atoms with Crippen LogP contribution >= 0.6 is 11.8 Å². The van der Waals surface area contributed by atoms with Gasteiger partial charge in [-0.25, -0.2) is 0 Å². The predicted molar refractivity (Wildman–Crippen MR) is 77.5 cm³/mol. The third-order valence-corrected chi connectivity index (χ3v) is 4.04. The van der Waals surface area contributed by atoms with Crippen molar-refractivity contribution in [3.8, 4) is 0 Å². The summed E-state index contributed by atoms with van der Waals surface area (Å²) in [5, 5.41) is 19.4. The molecule has 5 nitrogen and oxygen atoms in total. The van der Waals surface area contributed by atoms with Gasteiger partial charge in [-0.05, 0) is 6.92 Å². The molecule has 1 aromatic carbocycles. The molecular formula is C14H14N4OS. The van der Waals surface area contributed by atoms with E-state index < -0.39 is 0 Å². The molecule has 0 saturated heterocycles. The van der Waals surface area contributed by atoms with E-state index in [0.717, 1.165) is 22.2 Å². The van der Waals surface area contributed by atoms with Gasteiger partial charge >= 0.3 is 0 Å². The summed E-state index contributed by atoms with van der Waals surface area (Å²) in [4.78, 5) is 0. The Labute approximate surface area is 120 Å². The number of aryl methyl sites for hydroxylation is 1. The van der Waals surface area contributed by atoms with Gasteiger partial charge in [-0.2, -0.15) is 5.10 Å². The number of rotatable bonds is 4. The fourth-order valence-electron chi connectivity index (χ4n) is 1.88. The van der Waals surface area contributed by atoms with Crippen molar-refractivity contribution in [3.05, 3.63) is 42.2 Å². The van der Waals surface area contributed by atoms with E-state index in [-0.39, 0.29) is 5.25 Å². The fourth-order valence-corrected chi connectivity index (χ4v) is 2.82. The van der Waals surface area contributed by atoms with Gasteiger partial charge in [0.2, 0.25) is 11.8 Å². The molecule has 20 heavy (non-hydrogen) atoms. The molecule has 0 fully saturated rings. The Balaban J connectivity index is 1.89. The second kappa shape index (κ2) is 5.58. The van der Waals surface area contributed by atoms with E-state index in [4.69, 9.17) is 4.42 Å². The van der Waals surface area contributed by atoms with Gasteiger partial charge in [0, 0.05) is 17.2 Å². The second-order valence-electron chi connectivity index (χ2n) is 4.38. The average molecular weight is 286 g/mol. The number of aromatic nitrogens is 4. The molecule has 2 aromatic heterocycles. The van der Waals surface area contributed by atoms with Crippen LogP contribution in [0.5, 0.6) is 0 Å². The zero-order valence-electron chi connectivity index (χ0n) is 11.3. The molecule has 0 saturated carbocycles. The molecule has 0 aliphatic rings. The van der Waals surface area contributed by atoms with Crippen molar-refractivity contribution in [2.45, 2.75) is 30.5 Å². The van der Waals surface area contributed by atoms with Crippen LogP contribution in [-0.4, -0.2) is 20.4 Å². The molecule has 0 aliphatic carbocycles. The van der Waals surface area contributed by atoms with E-state index >= 15 is 0 Å². The molecule has 0 bridgehead atoms. The van der Waals surface area contributed by atoms with Crippen molar-refractivity contribution in [1.82, 2.24) is 20.4 Å². The molecule has 0 N–H and O–H groups in total. The van der Waals surface area contributed by atoms with Crippen LogP contribution in [0, 0.1) is 0 Å². The molecule has 102 valence electrons. The Morgan fingerprint density at radius 3 is 2.85 bits per heavy atom. The molecule has 3 rings (SSSR count). The Bertz CT molecular complexity index is 723. The zero-order valence-corrected chi connectivity index (χ0v) is 12.1. The lowest BCUT2D eigenvalue weighted by Gasteiger charge is -2.07. The summed E-state index contributed by atoms with van der Waals surface area (Å²) in [6.07, 6.45) is 2.52. The minimum atomic E-state index is 0.0444. The van der Waals surface area contributed by atoms with Gasteiger partial charge < -0.3 is 4.42 Å². The maximum atomic E-state index is 5.59. The van der Waals surface area contributed by atoms with Gasteiger partial charge in [0.1, 0.15) is 5.03 Å². The van der Waals surface area contributed by atoms with Gasteiger partial charge in [0.15, 0.2) is 0 Å². The molecule has 0 spiro atoms. The standard InChI is InChI=1S/C14H14N4OS/c1-3-12-16-17-13(19-12)9(2)20-14-11-7-5-4-6-10(11)8-15-18-14/h4-9H,3H2,1-2H3.